The van der Waals surface area contributed by atoms with Gasteiger partial charge in [0, 0.05) is 6.54 Å². The van der Waals surface area contributed by atoms with Gasteiger partial charge in [0.1, 0.15) is 0 Å². The van der Waals surface area contributed by atoms with Crippen LogP contribution in [0.2, 0.25) is 0 Å². The Labute approximate surface area is 83.7 Å². The number of carboxylic acids is 1. The van der Waals surface area contributed by atoms with Gasteiger partial charge in [-0.1, -0.05) is 19.8 Å². The lowest BCUT2D eigenvalue weighted by atomic mass is 10.2. The first kappa shape index (κ1) is 11.0. The molecule has 2 atom stereocenters. The Morgan fingerprint density at radius 2 is 2.07 bits per heavy atom. The zero-order chi connectivity index (χ0) is 10.6. The van der Waals surface area contributed by atoms with Crippen LogP contribution in [-0.2, 0) is 9.59 Å². The van der Waals surface area contributed by atoms with Gasteiger partial charge in [-0.05, 0) is 12.8 Å². The molecule has 0 aliphatic heterocycles. The molecule has 1 amide bonds. The van der Waals surface area contributed by atoms with Gasteiger partial charge < -0.3 is 10.4 Å². The minimum atomic E-state index is -0.848. The maximum absolute atomic E-state index is 11.3. The SMILES string of the molecule is CCCCCNC(=O)[C@@H]1C[C@@H]1C(=O)O. The van der Waals surface area contributed by atoms with E-state index in [9.17, 15) is 9.59 Å². The molecule has 14 heavy (non-hydrogen) atoms. The van der Waals surface area contributed by atoms with Crippen LogP contribution in [0.15, 0.2) is 0 Å². The average Bonchev–Trinajstić information content (AvgIpc) is 2.91. The molecule has 1 saturated carbocycles. The van der Waals surface area contributed by atoms with Gasteiger partial charge in [-0.25, -0.2) is 0 Å². The summed E-state index contributed by atoms with van der Waals surface area (Å²) >= 11 is 0. The number of hydrogen-bond donors (Lipinski definition) is 2. The zero-order valence-electron chi connectivity index (χ0n) is 8.45. The van der Waals surface area contributed by atoms with Crippen LogP contribution in [0.3, 0.4) is 0 Å². The van der Waals surface area contributed by atoms with Crippen molar-refractivity contribution in [1.29, 1.82) is 0 Å². The van der Waals surface area contributed by atoms with Crippen LogP contribution in [0.5, 0.6) is 0 Å². The van der Waals surface area contributed by atoms with Crippen LogP contribution in [0.1, 0.15) is 32.6 Å². The first-order valence-electron chi connectivity index (χ1n) is 5.17. The van der Waals surface area contributed by atoms with Gasteiger partial charge in [0.2, 0.25) is 5.91 Å². The molecule has 0 aromatic heterocycles. The van der Waals surface area contributed by atoms with Crippen LogP contribution in [0.4, 0.5) is 0 Å². The number of nitrogens with one attached hydrogen (secondary N) is 1. The molecule has 0 bridgehead atoms. The molecular formula is C10H17NO3. The molecule has 4 heteroatoms. The lowest BCUT2D eigenvalue weighted by Gasteiger charge is -2.02. The summed E-state index contributed by atoms with van der Waals surface area (Å²) in [6, 6.07) is 0. The van der Waals surface area contributed by atoms with E-state index in [1.807, 2.05) is 0 Å². The summed E-state index contributed by atoms with van der Waals surface area (Å²) in [5.41, 5.74) is 0. The van der Waals surface area contributed by atoms with Gasteiger partial charge in [-0.2, -0.15) is 0 Å². The number of hydrogen-bond acceptors (Lipinski definition) is 2. The van der Waals surface area contributed by atoms with Gasteiger partial charge in [0.25, 0.3) is 0 Å². The number of unbranched alkanes of at least 4 members (excludes halogenated alkanes) is 2. The maximum atomic E-state index is 11.3. The molecular weight excluding hydrogens is 182 g/mol. The average molecular weight is 199 g/mol. The van der Waals surface area contributed by atoms with E-state index in [4.69, 9.17) is 5.11 Å². The molecule has 0 aromatic carbocycles. The lowest BCUT2D eigenvalue weighted by Crippen LogP contribution is -2.27. The highest BCUT2D eigenvalue weighted by Crippen LogP contribution is 2.38. The molecule has 80 valence electrons. The van der Waals surface area contributed by atoms with Crippen LogP contribution in [0, 0.1) is 11.8 Å². The topological polar surface area (TPSA) is 66.4 Å². The highest BCUT2D eigenvalue weighted by Gasteiger charge is 2.48. The van der Waals surface area contributed by atoms with E-state index in [0.717, 1.165) is 19.3 Å². The van der Waals surface area contributed by atoms with Gasteiger partial charge in [-0.3, -0.25) is 9.59 Å². The van der Waals surface area contributed by atoms with Crippen molar-refractivity contribution >= 4 is 11.9 Å². The Balaban J connectivity index is 2.09. The highest BCUT2D eigenvalue weighted by atomic mass is 16.4. The number of aliphatic carboxylic acids is 1. The number of carbonyl (C=O) groups excluding carboxylic acids is 1. The summed E-state index contributed by atoms with van der Waals surface area (Å²) < 4.78 is 0. The quantitative estimate of drug-likeness (QED) is 0.627. The first-order chi connectivity index (χ1) is 6.66. The van der Waals surface area contributed by atoms with E-state index in [-0.39, 0.29) is 11.8 Å². The summed E-state index contributed by atoms with van der Waals surface area (Å²) in [6.45, 7) is 2.78. The fraction of sp³-hybridized carbons (Fsp3) is 0.800. The van der Waals surface area contributed by atoms with E-state index < -0.39 is 11.9 Å². The van der Waals surface area contributed by atoms with Crippen LogP contribution < -0.4 is 5.32 Å². The van der Waals surface area contributed by atoms with Crippen molar-refractivity contribution in [3.05, 3.63) is 0 Å². The van der Waals surface area contributed by atoms with Crippen molar-refractivity contribution in [2.45, 2.75) is 32.6 Å². The largest absolute Gasteiger partial charge is 0.481 e. The lowest BCUT2D eigenvalue weighted by molar-refractivity contribution is -0.140. The summed E-state index contributed by atoms with van der Waals surface area (Å²) in [4.78, 5) is 21.8. The second-order valence-corrected chi connectivity index (χ2v) is 3.79. The van der Waals surface area contributed by atoms with E-state index in [1.54, 1.807) is 0 Å². The molecule has 2 N–H and O–H groups in total. The van der Waals surface area contributed by atoms with Crippen molar-refractivity contribution in [2.24, 2.45) is 11.8 Å². The second kappa shape index (κ2) is 4.98. The molecule has 0 saturated heterocycles. The van der Waals surface area contributed by atoms with E-state index in [0.29, 0.717) is 13.0 Å². The minimum Gasteiger partial charge on any atom is -0.481 e. The Morgan fingerprint density at radius 1 is 1.36 bits per heavy atom. The Bertz CT molecular complexity index is 227. The van der Waals surface area contributed by atoms with Crippen LogP contribution >= 0.6 is 0 Å². The van der Waals surface area contributed by atoms with E-state index >= 15 is 0 Å². The van der Waals surface area contributed by atoms with Crippen LogP contribution in [-0.4, -0.2) is 23.5 Å². The fourth-order valence-electron chi connectivity index (χ4n) is 1.48. The third-order valence-electron chi connectivity index (χ3n) is 2.52. The number of amides is 1. The minimum absolute atomic E-state index is 0.0893. The molecule has 0 spiro atoms. The summed E-state index contributed by atoms with van der Waals surface area (Å²) in [5, 5.41) is 11.4. The Hall–Kier alpha value is -1.06. The predicted octanol–water partition coefficient (Wildman–Crippen LogP) is 1.01. The third-order valence-corrected chi connectivity index (χ3v) is 2.52. The monoisotopic (exact) mass is 199 g/mol. The van der Waals surface area contributed by atoms with E-state index in [1.165, 1.54) is 0 Å². The fourth-order valence-corrected chi connectivity index (χ4v) is 1.48. The second-order valence-electron chi connectivity index (χ2n) is 3.79. The normalized spacial score (nSPS) is 24.4. The van der Waals surface area contributed by atoms with Crippen molar-refractivity contribution in [3.63, 3.8) is 0 Å². The molecule has 0 aromatic rings. The van der Waals surface area contributed by atoms with Gasteiger partial charge >= 0.3 is 5.97 Å². The third kappa shape index (κ3) is 3.01. The molecule has 0 unspecified atom stereocenters. The number of rotatable bonds is 6. The first-order valence-corrected chi connectivity index (χ1v) is 5.17. The molecule has 1 rings (SSSR count). The number of carboxylic acid groups (broad SMARTS) is 1. The van der Waals surface area contributed by atoms with Gasteiger partial charge in [0.15, 0.2) is 0 Å². The predicted molar refractivity (Wildman–Crippen MR) is 51.8 cm³/mol. The Kier molecular flexibility index (Phi) is 3.92. The molecule has 1 aliphatic rings. The van der Waals surface area contributed by atoms with Crippen molar-refractivity contribution in [2.75, 3.05) is 6.54 Å². The Morgan fingerprint density at radius 3 is 2.57 bits per heavy atom. The molecule has 0 heterocycles. The summed E-state index contributed by atoms with van der Waals surface area (Å²) in [5.74, 6) is -1.64. The smallest absolute Gasteiger partial charge is 0.307 e. The number of carbonyl (C=O) groups is 2. The molecule has 1 fully saturated rings. The summed E-state index contributed by atoms with van der Waals surface area (Å²) in [7, 11) is 0. The van der Waals surface area contributed by atoms with Crippen molar-refractivity contribution in [3.8, 4) is 0 Å². The van der Waals surface area contributed by atoms with Gasteiger partial charge in [0.05, 0.1) is 11.8 Å². The zero-order valence-corrected chi connectivity index (χ0v) is 8.45. The molecule has 0 radical (unpaired) electrons. The van der Waals surface area contributed by atoms with Crippen molar-refractivity contribution < 1.29 is 14.7 Å². The standard InChI is InChI=1S/C10H17NO3/c1-2-3-4-5-11-9(12)7-6-8(7)10(13)14/h7-8H,2-6H2,1H3,(H,11,12)(H,13,14)/t7-,8+/m1/s1. The summed E-state index contributed by atoms with van der Waals surface area (Å²) in [6.07, 6.45) is 3.71. The molecule has 4 nitrogen and oxygen atoms in total. The molecule has 1 aliphatic carbocycles. The maximum Gasteiger partial charge on any atom is 0.307 e. The van der Waals surface area contributed by atoms with Crippen molar-refractivity contribution in [1.82, 2.24) is 5.32 Å². The highest BCUT2D eigenvalue weighted by molar-refractivity contribution is 5.89. The van der Waals surface area contributed by atoms with E-state index in [2.05, 4.69) is 12.2 Å². The van der Waals surface area contributed by atoms with Crippen LogP contribution in [0.25, 0.3) is 0 Å². The van der Waals surface area contributed by atoms with Gasteiger partial charge in [-0.15, -0.1) is 0 Å².